The second-order valence-corrected chi connectivity index (χ2v) is 9.53. The molecule has 1 N–H and O–H groups in total. The molecule has 0 aliphatic carbocycles. The summed E-state index contributed by atoms with van der Waals surface area (Å²) >= 11 is 1.47. The molecule has 1 heterocycles. The topological polar surface area (TPSA) is 77.1 Å². The van der Waals surface area contributed by atoms with Gasteiger partial charge in [-0.2, -0.15) is 0 Å². The fraction of sp³-hybridized carbons (Fsp3) is 0.440. The number of nitrogens with one attached hydrogen (secondary N) is 1. The fourth-order valence-electron chi connectivity index (χ4n) is 3.68. The average Bonchev–Trinajstić information content (AvgIpc) is 3.28. The van der Waals surface area contributed by atoms with E-state index in [1.54, 1.807) is 29.2 Å². The van der Waals surface area contributed by atoms with Gasteiger partial charge in [-0.25, -0.2) is 4.39 Å². The summed E-state index contributed by atoms with van der Waals surface area (Å²) in [6, 6.07) is 8.37. The predicted molar refractivity (Wildman–Crippen MR) is 130 cm³/mol. The molecule has 3 unspecified atom stereocenters. The molecule has 1 fully saturated rings. The summed E-state index contributed by atoms with van der Waals surface area (Å²) in [6.45, 7) is 5.98. The van der Waals surface area contributed by atoms with Crippen LogP contribution in [0.15, 0.2) is 36.4 Å². The summed E-state index contributed by atoms with van der Waals surface area (Å²) in [5.74, 6) is 0.742. The van der Waals surface area contributed by atoms with Crippen molar-refractivity contribution in [1.29, 1.82) is 0 Å². The van der Waals surface area contributed by atoms with Gasteiger partial charge in [-0.3, -0.25) is 9.59 Å². The van der Waals surface area contributed by atoms with Crippen LogP contribution in [0, 0.1) is 11.7 Å². The van der Waals surface area contributed by atoms with Gasteiger partial charge in [0.25, 0.3) is 5.91 Å². The largest absolute Gasteiger partial charge is 0.493 e. The Bertz CT molecular complexity index is 1010. The van der Waals surface area contributed by atoms with Crippen molar-refractivity contribution in [2.24, 2.45) is 5.92 Å². The van der Waals surface area contributed by atoms with Gasteiger partial charge in [0.05, 0.1) is 21.3 Å². The molecule has 2 amide bonds. The van der Waals surface area contributed by atoms with E-state index >= 15 is 0 Å². The SMILES string of the molecule is COc1cc(C(=O)N2C(C(=O)NC(C)C(C)C)CSC2c2ccc(F)cc2)cc(OC)c1OC. The van der Waals surface area contributed by atoms with Gasteiger partial charge in [0.2, 0.25) is 11.7 Å². The number of hydrogen-bond donors (Lipinski definition) is 1. The highest BCUT2D eigenvalue weighted by molar-refractivity contribution is 7.99. The molecule has 0 bridgehead atoms. The monoisotopic (exact) mass is 490 g/mol. The van der Waals surface area contributed by atoms with Crippen LogP contribution in [0.5, 0.6) is 17.2 Å². The predicted octanol–water partition coefficient (Wildman–Crippen LogP) is 4.27. The molecule has 1 aliphatic heterocycles. The Kier molecular flexibility index (Phi) is 8.30. The van der Waals surface area contributed by atoms with E-state index in [4.69, 9.17) is 14.2 Å². The second-order valence-electron chi connectivity index (χ2n) is 8.42. The van der Waals surface area contributed by atoms with Gasteiger partial charge in [0, 0.05) is 17.4 Å². The first-order chi connectivity index (χ1) is 16.2. The molecule has 9 heteroatoms. The summed E-state index contributed by atoms with van der Waals surface area (Å²) in [4.78, 5) is 28.7. The quantitative estimate of drug-likeness (QED) is 0.596. The molecular formula is C25H31FN2O5S. The second kappa shape index (κ2) is 11.0. The zero-order valence-corrected chi connectivity index (χ0v) is 21.1. The molecule has 0 radical (unpaired) electrons. The number of amides is 2. The highest BCUT2D eigenvalue weighted by Crippen LogP contribution is 2.44. The fourth-order valence-corrected chi connectivity index (χ4v) is 5.11. The van der Waals surface area contributed by atoms with E-state index in [0.29, 0.717) is 28.6 Å². The van der Waals surface area contributed by atoms with Gasteiger partial charge in [-0.15, -0.1) is 11.8 Å². The minimum absolute atomic E-state index is 0.0551. The van der Waals surface area contributed by atoms with Crippen molar-refractivity contribution in [3.63, 3.8) is 0 Å². The number of rotatable bonds is 8. The third-order valence-corrected chi connectivity index (χ3v) is 7.30. The molecule has 1 aliphatic rings. The van der Waals surface area contributed by atoms with Crippen molar-refractivity contribution in [2.45, 2.75) is 38.2 Å². The van der Waals surface area contributed by atoms with Crippen LogP contribution in [0.2, 0.25) is 0 Å². The molecule has 3 atom stereocenters. The number of nitrogens with zero attached hydrogens (tertiary/aromatic N) is 1. The Morgan fingerprint density at radius 1 is 1.03 bits per heavy atom. The van der Waals surface area contributed by atoms with Crippen LogP contribution >= 0.6 is 11.8 Å². The van der Waals surface area contributed by atoms with Crippen LogP contribution in [-0.2, 0) is 4.79 Å². The van der Waals surface area contributed by atoms with Gasteiger partial charge in [-0.05, 0) is 42.7 Å². The van der Waals surface area contributed by atoms with Crippen molar-refractivity contribution < 1.29 is 28.2 Å². The van der Waals surface area contributed by atoms with Gasteiger partial charge in [0.1, 0.15) is 17.2 Å². The lowest BCUT2D eigenvalue weighted by Gasteiger charge is -2.30. The maximum Gasteiger partial charge on any atom is 0.256 e. The molecule has 3 rings (SSSR count). The zero-order valence-electron chi connectivity index (χ0n) is 20.3. The van der Waals surface area contributed by atoms with Gasteiger partial charge in [0.15, 0.2) is 11.5 Å². The van der Waals surface area contributed by atoms with E-state index < -0.39 is 11.4 Å². The first kappa shape index (κ1) is 25.7. The highest BCUT2D eigenvalue weighted by atomic mass is 32.2. The summed E-state index contributed by atoms with van der Waals surface area (Å²) in [5.41, 5.74) is 1.03. The van der Waals surface area contributed by atoms with Crippen molar-refractivity contribution in [2.75, 3.05) is 27.1 Å². The number of methoxy groups -OCH3 is 3. The molecule has 2 aromatic rings. The third-order valence-electron chi connectivity index (χ3n) is 5.97. The van der Waals surface area contributed by atoms with E-state index in [0.717, 1.165) is 5.56 Å². The summed E-state index contributed by atoms with van der Waals surface area (Å²) in [6.07, 6.45) is 0. The van der Waals surface area contributed by atoms with Crippen LogP contribution in [0.25, 0.3) is 0 Å². The Balaban J connectivity index is 2.04. The Hall–Kier alpha value is -2.94. The van der Waals surface area contributed by atoms with E-state index in [1.807, 2.05) is 20.8 Å². The van der Waals surface area contributed by atoms with Crippen molar-refractivity contribution in [3.8, 4) is 17.2 Å². The first-order valence-corrected chi connectivity index (χ1v) is 12.1. The average molecular weight is 491 g/mol. The molecule has 1 saturated heterocycles. The highest BCUT2D eigenvalue weighted by Gasteiger charge is 2.43. The number of hydrogen-bond acceptors (Lipinski definition) is 6. The number of ether oxygens (including phenoxy) is 3. The Morgan fingerprint density at radius 2 is 1.62 bits per heavy atom. The van der Waals surface area contributed by atoms with Crippen molar-refractivity contribution in [1.82, 2.24) is 10.2 Å². The zero-order chi connectivity index (χ0) is 25.0. The Labute approximate surface area is 203 Å². The first-order valence-electron chi connectivity index (χ1n) is 11.0. The molecule has 34 heavy (non-hydrogen) atoms. The third kappa shape index (κ3) is 5.24. The summed E-state index contributed by atoms with van der Waals surface area (Å²) in [7, 11) is 4.43. The van der Waals surface area contributed by atoms with Gasteiger partial charge >= 0.3 is 0 Å². The molecule has 2 aromatic carbocycles. The maximum atomic E-state index is 13.9. The van der Waals surface area contributed by atoms with Crippen molar-refractivity contribution >= 4 is 23.6 Å². The number of carbonyl (C=O) groups excluding carboxylic acids is 2. The number of thioether (sulfide) groups is 1. The smallest absolute Gasteiger partial charge is 0.256 e. The number of halogens is 1. The molecule has 0 spiro atoms. The van der Waals surface area contributed by atoms with Crippen LogP contribution < -0.4 is 19.5 Å². The van der Waals surface area contributed by atoms with E-state index in [-0.39, 0.29) is 29.6 Å². The van der Waals surface area contributed by atoms with E-state index in [1.165, 1.54) is 45.2 Å². The normalized spacial score (nSPS) is 18.5. The van der Waals surface area contributed by atoms with Crippen LogP contribution in [0.3, 0.4) is 0 Å². The van der Waals surface area contributed by atoms with Crippen LogP contribution in [0.1, 0.15) is 42.1 Å². The molecule has 7 nitrogen and oxygen atoms in total. The van der Waals surface area contributed by atoms with Crippen molar-refractivity contribution in [3.05, 3.63) is 53.3 Å². The summed E-state index contributed by atoms with van der Waals surface area (Å²) in [5, 5.41) is 2.57. The molecule has 0 saturated carbocycles. The van der Waals surface area contributed by atoms with E-state index in [9.17, 15) is 14.0 Å². The van der Waals surface area contributed by atoms with Gasteiger partial charge < -0.3 is 24.4 Å². The maximum absolute atomic E-state index is 13.9. The summed E-state index contributed by atoms with van der Waals surface area (Å²) < 4.78 is 29.7. The molecular weight excluding hydrogens is 459 g/mol. The van der Waals surface area contributed by atoms with Crippen LogP contribution in [0.4, 0.5) is 4.39 Å². The molecule has 0 aromatic heterocycles. The minimum atomic E-state index is -0.701. The number of benzene rings is 2. The Morgan fingerprint density at radius 3 is 2.12 bits per heavy atom. The standard InChI is InChI=1S/C25H31FN2O5S/c1-14(2)15(3)27-23(29)19-13-34-25(16-7-9-18(26)10-8-16)28(19)24(30)17-11-20(31-4)22(33-6)21(12-17)32-5/h7-12,14-15,19,25H,13H2,1-6H3,(H,27,29). The van der Waals surface area contributed by atoms with Gasteiger partial charge in [-0.1, -0.05) is 26.0 Å². The minimum Gasteiger partial charge on any atom is -0.493 e. The molecule has 184 valence electrons. The lowest BCUT2D eigenvalue weighted by atomic mass is 10.1. The lowest BCUT2D eigenvalue weighted by Crippen LogP contribution is -2.50. The van der Waals surface area contributed by atoms with Crippen LogP contribution in [-0.4, -0.2) is 55.9 Å². The number of carbonyl (C=O) groups is 2. The lowest BCUT2D eigenvalue weighted by molar-refractivity contribution is -0.125. The van der Waals surface area contributed by atoms with E-state index in [2.05, 4.69) is 5.32 Å².